The first-order valence-electron chi connectivity index (χ1n) is 7.64. The lowest BCUT2D eigenvalue weighted by atomic mass is 10.1. The van der Waals surface area contributed by atoms with Gasteiger partial charge in [-0.25, -0.2) is 9.97 Å². The van der Waals surface area contributed by atoms with Gasteiger partial charge in [-0.15, -0.1) is 0 Å². The van der Waals surface area contributed by atoms with Crippen LogP contribution in [0.5, 0.6) is 0 Å². The molecule has 1 saturated heterocycles. The molecule has 0 amide bonds. The number of benzene rings is 1. The summed E-state index contributed by atoms with van der Waals surface area (Å²) in [4.78, 5) is 13.1. The third kappa shape index (κ3) is 3.61. The second-order valence-corrected chi connectivity index (χ2v) is 6.06. The van der Waals surface area contributed by atoms with E-state index < -0.39 is 0 Å². The van der Waals surface area contributed by atoms with Gasteiger partial charge in [0.1, 0.15) is 11.9 Å². The van der Waals surface area contributed by atoms with Crippen LogP contribution < -0.4 is 4.90 Å². The fraction of sp³-hybridized carbons (Fsp3) is 0.353. The van der Waals surface area contributed by atoms with Crippen LogP contribution in [0, 0.1) is 11.3 Å². The van der Waals surface area contributed by atoms with E-state index in [2.05, 4.69) is 38.8 Å². The van der Waals surface area contributed by atoms with Crippen molar-refractivity contribution in [3.05, 3.63) is 52.9 Å². The molecule has 0 bridgehead atoms. The van der Waals surface area contributed by atoms with E-state index in [4.69, 9.17) is 16.9 Å². The summed E-state index contributed by atoms with van der Waals surface area (Å²) >= 11 is 5.96. The minimum atomic E-state index is 0.351. The molecular formula is C17H18ClN5. The Morgan fingerprint density at radius 2 is 1.78 bits per heavy atom. The molecule has 1 aliphatic heterocycles. The summed E-state index contributed by atoms with van der Waals surface area (Å²) in [5.74, 6) is 0.836. The summed E-state index contributed by atoms with van der Waals surface area (Å²) in [6.07, 6.45) is 3.20. The van der Waals surface area contributed by atoms with E-state index >= 15 is 0 Å². The number of halogens is 1. The second-order valence-electron chi connectivity index (χ2n) is 5.62. The van der Waals surface area contributed by atoms with Crippen LogP contribution >= 0.6 is 11.6 Å². The molecule has 23 heavy (non-hydrogen) atoms. The molecule has 0 aliphatic carbocycles. The Balaban J connectivity index is 1.61. The summed E-state index contributed by atoms with van der Waals surface area (Å²) in [5, 5.41) is 9.55. The predicted octanol–water partition coefficient (Wildman–Crippen LogP) is 2.88. The second kappa shape index (κ2) is 6.95. The number of hydrogen-bond acceptors (Lipinski definition) is 5. The Labute approximate surface area is 141 Å². The first-order chi connectivity index (χ1) is 11.2. The molecule has 2 aromatic rings. The molecular weight excluding hydrogens is 310 g/mol. The lowest BCUT2D eigenvalue weighted by Crippen LogP contribution is -2.47. The van der Waals surface area contributed by atoms with Crippen molar-refractivity contribution in [2.24, 2.45) is 0 Å². The highest BCUT2D eigenvalue weighted by Crippen LogP contribution is 2.24. The lowest BCUT2D eigenvalue weighted by molar-refractivity contribution is 0.198. The Hall–Kier alpha value is -2.16. The number of anilines is 1. The van der Waals surface area contributed by atoms with Crippen LogP contribution in [0.2, 0.25) is 5.02 Å². The van der Waals surface area contributed by atoms with Gasteiger partial charge in [0.25, 0.3) is 0 Å². The van der Waals surface area contributed by atoms with E-state index in [0.717, 1.165) is 37.0 Å². The molecule has 1 atom stereocenters. The van der Waals surface area contributed by atoms with Crippen molar-refractivity contribution in [2.75, 3.05) is 31.1 Å². The highest BCUT2D eigenvalue weighted by atomic mass is 35.5. The fourth-order valence-corrected chi connectivity index (χ4v) is 2.96. The van der Waals surface area contributed by atoms with Crippen molar-refractivity contribution in [2.45, 2.75) is 13.0 Å². The van der Waals surface area contributed by atoms with E-state index in [1.54, 1.807) is 6.20 Å². The van der Waals surface area contributed by atoms with Crippen molar-refractivity contribution in [3.63, 3.8) is 0 Å². The summed E-state index contributed by atoms with van der Waals surface area (Å²) in [6, 6.07) is 10.4. The maximum absolute atomic E-state index is 8.78. The molecule has 6 heteroatoms. The highest BCUT2D eigenvalue weighted by molar-refractivity contribution is 6.30. The summed E-state index contributed by atoms with van der Waals surface area (Å²) in [6.45, 7) is 5.95. The Morgan fingerprint density at radius 1 is 1.09 bits per heavy atom. The standard InChI is InChI=1S/C17H18ClN5/c1-13(14-2-4-15(18)5-3-14)22-6-8-23(9-7-22)17-12-20-16(10-19)11-21-17/h2-5,11-13H,6-9H2,1H3. The van der Waals surface area contributed by atoms with Gasteiger partial charge in [0, 0.05) is 37.2 Å². The average molecular weight is 328 g/mol. The van der Waals surface area contributed by atoms with E-state index in [9.17, 15) is 0 Å². The molecule has 0 spiro atoms. The minimum Gasteiger partial charge on any atom is -0.353 e. The molecule has 118 valence electrons. The van der Waals surface area contributed by atoms with E-state index in [-0.39, 0.29) is 0 Å². The van der Waals surface area contributed by atoms with Gasteiger partial charge in [-0.2, -0.15) is 5.26 Å². The molecule has 1 unspecified atom stereocenters. The maximum Gasteiger partial charge on any atom is 0.158 e. The number of rotatable bonds is 3. The molecule has 5 nitrogen and oxygen atoms in total. The fourth-order valence-electron chi connectivity index (χ4n) is 2.83. The summed E-state index contributed by atoms with van der Waals surface area (Å²) in [5.41, 5.74) is 1.63. The Morgan fingerprint density at radius 3 is 2.35 bits per heavy atom. The molecule has 1 aromatic heterocycles. The minimum absolute atomic E-state index is 0.351. The zero-order valence-electron chi connectivity index (χ0n) is 13.0. The third-order valence-electron chi connectivity index (χ3n) is 4.29. The highest BCUT2D eigenvalue weighted by Gasteiger charge is 2.22. The largest absolute Gasteiger partial charge is 0.353 e. The number of aromatic nitrogens is 2. The molecule has 1 aliphatic rings. The van der Waals surface area contributed by atoms with Crippen LogP contribution in [-0.2, 0) is 0 Å². The van der Waals surface area contributed by atoms with Crippen molar-refractivity contribution in [1.82, 2.24) is 14.9 Å². The molecule has 1 aromatic carbocycles. The predicted molar refractivity (Wildman–Crippen MR) is 90.4 cm³/mol. The van der Waals surface area contributed by atoms with Crippen LogP contribution in [0.3, 0.4) is 0 Å². The zero-order valence-corrected chi connectivity index (χ0v) is 13.7. The summed E-state index contributed by atoms with van der Waals surface area (Å²) in [7, 11) is 0. The topological polar surface area (TPSA) is 56.0 Å². The number of hydrogen-bond donors (Lipinski definition) is 0. The number of nitriles is 1. The van der Waals surface area contributed by atoms with Crippen molar-refractivity contribution >= 4 is 17.4 Å². The molecule has 0 radical (unpaired) electrons. The van der Waals surface area contributed by atoms with Gasteiger partial charge in [-0.1, -0.05) is 23.7 Å². The molecule has 3 rings (SSSR count). The maximum atomic E-state index is 8.78. The van der Waals surface area contributed by atoms with Crippen molar-refractivity contribution in [3.8, 4) is 6.07 Å². The first kappa shape index (κ1) is 15.7. The first-order valence-corrected chi connectivity index (χ1v) is 8.02. The number of nitrogens with zero attached hydrogens (tertiary/aromatic N) is 5. The van der Waals surface area contributed by atoms with Crippen molar-refractivity contribution in [1.29, 1.82) is 5.26 Å². The van der Waals surface area contributed by atoms with Gasteiger partial charge in [0.15, 0.2) is 5.69 Å². The zero-order chi connectivity index (χ0) is 16.2. The Kier molecular flexibility index (Phi) is 4.75. The smallest absolute Gasteiger partial charge is 0.158 e. The van der Waals surface area contributed by atoms with E-state index in [1.807, 2.05) is 18.2 Å². The van der Waals surface area contributed by atoms with E-state index in [0.29, 0.717) is 11.7 Å². The van der Waals surface area contributed by atoms with Crippen LogP contribution in [0.4, 0.5) is 5.82 Å². The monoisotopic (exact) mass is 327 g/mol. The van der Waals surface area contributed by atoms with Crippen LogP contribution in [0.25, 0.3) is 0 Å². The molecule has 1 fully saturated rings. The molecule has 0 N–H and O–H groups in total. The van der Waals surface area contributed by atoms with Crippen LogP contribution in [0.1, 0.15) is 24.2 Å². The normalized spacial score (nSPS) is 16.8. The molecule has 0 saturated carbocycles. The molecule has 2 heterocycles. The van der Waals surface area contributed by atoms with Gasteiger partial charge >= 0.3 is 0 Å². The summed E-state index contributed by atoms with van der Waals surface area (Å²) < 4.78 is 0. The van der Waals surface area contributed by atoms with Gasteiger partial charge < -0.3 is 4.90 Å². The van der Waals surface area contributed by atoms with Gasteiger partial charge in [0.2, 0.25) is 0 Å². The van der Waals surface area contributed by atoms with Crippen LogP contribution in [0.15, 0.2) is 36.7 Å². The van der Waals surface area contributed by atoms with Crippen LogP contribution in [-0.4, -0.2) is 41.0 Å². The average Bonchev–Trinajstić information content (AvgIpc) is 2.62. The lowest BCUT2D eigenvalue weighted by Gasteiger charge is -2.38. The number of piperazine rings is 1. The van der Waals surface area contributed by atoms with Gasteiger partial charge in [-0.05, 0) is 24.6 Å². The third-order valence-corrected chi connectivity index (χ3v) is 4.54. The van der Waals surface area contributed by atoms with Gasteiger partial charge in [0.05, 0.1) is 12.4 Å². The van der Waals surface area contributed by atoms with E-state index in [1.165, 1.54) is 11.8 Å². The quantitative estimate of drug-likeness (QED) is 0.867. The SMILES string of the molecule is CC(c1ccc(Cl)cc1)N1CCN(c2cnc(C#N)cn2)CC1. The van der Waals surface area contributed by atoms with Gasteiger partial charge in [-0.3, -0.25) is 4.90 Å². The van der Waals surface area contributed by atoms with Crippen molar-refractivity contribution < 1.29 is 0 Å². The Bertz CT molecular complexity index is 684.